The number of hydrogen-bond acceptors (Lipinski definition) is 3. The Balaban J connectivity index is 2.28. The van der Waals surface area contributed by atoms with Gasteiger partial charge in [0.05, 0.1) is 17.6 Å². The van der Waals surface area contributed by atoms with Gasteiger partial charge in [-0.3, -0.25) is 4.98 Å². The second-order valence-electron chi connectivity index (χ2n) is 4.19. The van der Waals surface area contributed by atoms with E-state index in [1.54, 1.807) is 12.4 Å². The van der Waals surface area contributed by atoms with E-state index in [9.17, 15) is 0 Å². The number of fused-ring (bicyclic) bond motifs is 1. The summed E-state index contributed by atoms with van der Waals surface area (Å²) in [5, 5.41) is 0. The van der Waals surface area contributed by atoms with Crippen LogP contribution in [0.25, 0.3) is 16.9 Å². The Hall–Kier alpha value is -2.36. The van der Waals surface area contributed by atoms with Gasteiger partial charge in [0.15, 0.2) is 5.65 Å². The normalized spacial score (nSPS) is 10.9. The molecule has 4 heteroatoms. The van der Waals surface area contributed by atoms with Gasteiger partial charge in [-0.05, 0) is 18.6 Å². The molecule has 0 spiro atoms. The van der Waals surface area contributed by atoms with E-state index in [1.165, 1.54) is 5.69 Å². The maximum atomic E-state index is 5.83. The Bertz CT molecular complexity index is 700. The first-order chi connectivity index (χ1) is 8.79. The largest absolute Gasteiger partial charge is 0.399 e. The van der Waals surface area contributed by atoms with E-state index >= 15 is 0 Å². The van der Waals surface area contributed by atoms with E-state index in [4.69, 9.17) is 5.73 Å². The van der Waals surface area contributed by atoms with Crippen molar-refractivity contribution in [1.82, 2.24) is 14.4 Å². The average Bonchev–Trinajstić information content (AvgIpc) is 2.77. The van der Waals surface area contributed by atoms with Gasteiger partial charge in [0.25, 0.3) is 0 Å². The quantitative estimate of drug-likeness (QED) is 0.698. The van der Waals surface area contributed by atoms with E-state index in [2.05, 4.69) is 21.3 Å². The van der Waals surface area contributed by atoms with Gasteiger partial charge in [0.2, 0.25) is 0 Å². The first kappa shape index (κ1) is 10.8. The molecule has 0 unspecified atom stereocenters. The van der Waals surface area contributed by atoms with Crippen molar-refractivity contribution < 1.29 is 0 Å². The minimum atomic E-state index is 0.754. The highest BCUT2D eigenvalue weighted by Gasteiger charge is 2.12. The number of aromatic nitrogens is 3. The van der Waals surface area contributed by atoms with Crippen LogP contribution in [0.2, 0.25) is 0 Å². The topological polar surface area (TPSA) is 56.2 Å². The lowest BCUT2D eigenvalue weighted by Gasteiger charge is -2.02. The summed E-state index contributed by atoms with van der Waals surface area (Å²) in [5.74, 6) is 0. The molecular formula is C14H14N4. The molecule has 0 atom stereocenters. The Labute approximate surface area is 105 Å². The van der Waals surface area contributed by atoms with Crippen LogP contribution in [0.4, 0.5) is 5.69 Å². The minimum Gasteiger partial charge on any atom is -0.399 e. The Morgan fingerprint density at radius 1 is 1.33 bits per heavy atom. The number of anilines is 1. The molecule has 0 bridgehead atoms. The highest BCUT2D eigenvalue weighted by atomic mass is 15.0. The summed E-state index contributed by atoms with van der Waals surface area (Å²) in [4.78, 5) is 8.74. The van der Waals surface area contributed by atoms with E-state index in [0.717, 1.165) is 29.0 Å². The number of nitrogen functional groups attached to an aromatic ring is 1. The smallest absolute Gasteiger partial charge is 0.156 e. The molecule has 0 saturated heterocycles. The molecule has 0 fully saturated rings. The standard InChI is InChI=1S/C14H14N4/c1-2-12-14(10-4-3-5-11(15)8-10)17-13-9-16-6-7-18(12)13/h3-9H,2,15H2,1H3. The van der Waals surface area contributed by atoms with Crippen molar-refractivity contribution >= 4 is 11.3 Å². The van der Waals surface area contributed by atoms with Gasteiger partial charge in [-0.2, -0.15) is 0 Å². The van der Waals surface area contributed by atoms with Crippen molar-refractivity contribution in [2.45, 2.75) is 13.3 Å². The van der Waals surface area contributed by atoms with Gasteiger partial charge in [0, 0.05) is 23.6 Å². The molecule has 2 aromatic heterocycles. The highest BCUT2D eigenvalue weighted by Crippen LogP contribution is 2.25. The molecule has 0 saturated carbocycles. The molecule has 0 radical (unpaired) electrons. The Kier molecular flexibility index (Phi) is 2.48. The van der Waals surface area contributed by atoms with Crippen LogP contribution in [0.5, 0.6) is 0 Å². The second-order valence-corrected chi connectivity index (χ2v) is 4.19. The average molecular weight is 238 g/mol. The summed E-state index contributed by atoms with van der Waals surface area (Å²) in [6.07, 6.45) is 6.40. The van der Waals surface area contributed by atoms with Crippen molar-refractivity contribution in [2.24, 2.45) is 0 Å². The third-order valence-electron chi connectivity index (χ3n) is 3.02. The van der Waals surface area contributed by atoms with Crippen molar-refractivity contribution in [3.63, 3.8) is 0 Å². The van der Waals surface area contributed by atoms with Crippen molar-refractivity contribution in [3.05, 3.63) is 48.5 Å². The molecule has 2 heterocycles. The first-order valence-corrected chi connectivity index (χ1v) is 5.96. The SMILES string of the molecule is CCc1c(-c2cccc(N)c2)nc2cnccn12. The van der Waals surface area contributed by atoms with E-state index in [-0.39, 0.29) is 0 Å². The van der Waals surface area contributed by atoms with Crippen LogP contribution in [0.1, 0.15) is 12.6 Å². The summed E-state index contributed by atoms with van der Waals surface area (Å²) in [6.45, 7) is 2.12. The van der Waals surface area contributed by atoms with Crippen LogP contribution in [-0.4, -0.2) is 14.4 Å². The highest BCUT2D eigenvalue weighted by molar-refractivity contribution is 5.69. The lowest BCUT2D eigenvalue weighted by Crippen LogP contribution is -1.93. The Morgan fingerprint density at radius 2 is 2.22 bits per heavy atom. The maximum absolute atomic E-state index is 5.83. The van der Waals surface area contributed by atoms with E-state index in [1.807, 2.05) is 30.5 Å². The lowest BCUT2D eigenvalue weighted by molar-refractivity contribution is 0.985. The molecule has 4 nitrogen and oxygen atoms in total. The van der Waals surface area contributed by atoms with Crippen LogP contribution in [0.3, 0.4) is 0 Å². The number of hydrogen-bond donors (Lipinski definition) is 1. The fourth-order valence-corrected chi connectivity index (χ4v) is 2.21. The maximum Gasteiger partial charge on any atom is 0.156 e. The molecule has 2 N–H and O–H groups in total. The van der Waals surface area contributed by atoms with Gasteiger partial charge >= 0.3 is 0 Å². The number of rotatable bonds is 2. The second kappa shape index (κ2) is 4.14. The number of nitrogens with two attached hydrogens (primary N) is 1. The lowest BCUT2D eigenvalue weighted by atomic mass is 10.1. The van der Waals surface area contributed by atoms with Crippen LogP contribution in [0, 0.1) is 0 Å². The minimum absolute atomic E-state index is 0.754. The van der Waals surface area contributed by atoms with Gasteiger partial charge in [-0.25, -0.2) is 4.98 Å². The van der Waals surface area contributed by atoms with Gasteiger partial charge in [0.1, 0.15) is 0 Å². The third kappa shape index (κ3) is 1.62. The molecule has 90 valence electrons. The van der Waals surface area contributed by atoms with Gasteiger partial charge < -0.3 is 10.1 Å². The van der Waals surface area contributed by atoms with Crippen molar-refractivity contribution in [3.8, 4) is 11.3 Å². The van der Waals surface area contributed by atoms with Crippen LogP contribution in [0.15, 0.2) is 42.9 Å². The molecule has 1 aromatic carbocycles. The summed E-state index contributed by atoms with van der Waals surface area (Å²) < 4.78 is 2.07. The zero-order valence-electron chi connectivity index (χ0n) is 10.2. The first-order valence-electron chi connectivity index (χ1n) is 5.96. The number of imidazole rings is 1. The molecule has 0 aliphatic heterocycles. The number of benzene rings is 1. The fourth-order valence-electron chi connectivity index (χ4n) is 2.21. The van der Waals surface area contributed by atoms with E-state index in [0.29, 0.717) is 0 Å². The molecule has 18 heavy (non-hydrogen) atoms. The Morgan fingerprint density at radius 3 is 3.00 bits per heavy atom. The molecular weight excluding hydrogens is 224 g/mol. The van der Waals surface area contributed by atoms with Gasteiger partial charge in [-0.1, -0.05) is 19.1 Å². The van der Waals surface area contributed by atoms with Crippen LogP contribution < -0.4 is 5.73 Å². The predicted molar refractivity (Wildman–Crippen MR) is 72.2 cm³/mol. The molecule has 0 amide bonds. The summed E-state index contributed by atoms with van der Waals surface area (Å²) in [5.41, 5.74) is 10.7. The number of nitrogens with zero attached hydrogens (tertiary/aromatic N) is 3. The van der Waals surface area contributed by atoms with Crippen molar-refractivity contribution in [2.75, 3.05) is 5.73 Å². The van der Waals surface area contributed by atoms with Crippen molar-refractivity contribution in [1.29, 1.82) is 0 Å². The third-order valence-corrected chi connectivity index (χ3v) is 3.02. The van der Waals surface area contributed by atoms with E-state index < -0.39 is 0 Å². The zero-order valence-corrected chi connectivity index (χ0v) is 10.2. The summed E-state index contributed by atoms with van der Waals surface area (Å²) >= 11 is 0. The fraction of sp³-hybridized carbons (Fsp3) is 0.143. The molecule has 3 aromatic rings. The molecule has 3 rings (SSSR count). The van der Waals surface area contributed by atoms with Crippen LogP contribution in [-0.2, 0) is 6.42 Å². The van der Waals surface area contributed by atoms with Gasteiger partial charge in [-0.15, -0.1) is 0 Å². The molecule has 0 aliphatic rings. The zero-order chi connectivity index (χ0) is 12.5. The number of aryl methyl sites for hydroxylation is 1. The molecule has 0 aliphatic carbocycles. The monoisotopic (exact) mass is 238 g/mol. The summed E-state index contributed by atoms with van der Waals surface area (Å²) in [7, 11) is 0. The van der Waals surface area contributed by atoms with Crippen LogP contribution >= 0.6 is 0 Å². The summed E-state index contributed by atoms with van der Waals surface area (Å²) in [6, 6.07) is 7.82. The predicted octanol–water partition coefficient (Wildman–Crippen LogP) is 2.54.